The minimum atomic E-state index is -1.21. The molecule has 0 saturated carbocycles. The SMILES string of the molecule is COc1ccc(C)cc1NC(=O)[C@H](OC(=O)c1ccccc1OCc1ccc(Cl)cc1)c1ccccc1. The van der Waals surface area contributed by atoms with Gasteiger partial charge in [0.05, 0.1) is 12.8 Å². The maximum atomic E-state index is 13.4. The number of carbonyl (C=O) groups excluding carboxylic acids is 2. The van der Waals surface area contributed by atoms with E-state index in [0.29, 0.717) is 27.8 Å². The molecular formula is C30H26ClNO5. The fourth-order valence-electron chi connectivity index (χ4n) is 3.69. The van der Waals surface area contributed by atoms with Gasteiger partial charge in [-0.3, -0.25) is 4.79 Å². The molecule has 7 heteroatoms. The number of methoxy groups -OCH3 is 1. The lowest BCUT2D eigenvalue weighted by Crippen LogP contribution is -2.26. The number of hydrogen-bond acceptors (Lipinski definition) is 5. The number of anilines is 1. The molecule has 0 aliphatic carbocycles. The first-order valence-electron chi connectivity index (χ1n) is 11.6. The number of esters is 1. The molecule has 1 amide bonds. The Balaban J connectivity index is 1.56. The van der Waals surface area contributed by atoms with Gasteiger partial charge in [0.25, 0.3) is 5.91 Å². The highest BCUT2D eigenvalue weighted by Crippen LogP contribution is 2.29. The normalized spacial score (nSPS) is 11.3. The summed E-state index contributed by atoms with van der Waals surface area (Å²) in [6.07, 6.45) is -1.21. The molecule has 0 spiro atoms. The van der Waals surface area contributed by atoms with E-state index >= 15 is 0 Å². The summed E-state index contributed by atoms with van der Waals surface area (Å²) in [4.78, 5) is 26.7. The third kappa shape index (κ3) is 6.68. The number of aryl methyl sites for hydroxylation is 1. The van der Waals surface area contributed by atoms with Crippen LogP contribution in [0.25, 0.3) is 0 Å². The van der Waals surface area contributed by atoms with Crippen LogP contribution in [-0.2, 0) is 16.1 Å². The second-order valence-electron chi connectivity index (χ2n) is 8.30. The number of rotatable bonds is 9. The Bertz CT molecular complexity index is 1370. The molecule has 6 nitrogen and oxygen atoms in total. The number of nitrogens with one attached hydrogen (secondary N) is 1. The molecular weight excluding hydrogens is 490 g/mol. The van der Waals surface area contributed by atoms with Gasteiger partial charge in [-0.1, -0.05) is 72.3 Å². The van der Waals surface area contributed by atoms with Crippen LogP contribution in [0.4, 0.5) is 5.69 Å². The lowest BCUT2D eigenvalue weighted by Gasteiger charge is -2.20. The summed E-state index contributed by atoms with van der Waals surface area (Å²) >= 11 is 5.95. The number of para-hydroxylation sites is 1. The van der Waals surface area contributed by atoms with Gasteiger partial charge in [-0.2, -0.15) is 0 Å². The third-order valence-corrected chi connectivity index (χ3v) is 5.84. The molecule has 0 radical (unpaired) electrons. The van der Waals surface area contributed by atoms with Gasteiger partial charge in [-0.15, -0.1) is 0 Å². The zero-order chi connectivity index (χ0) is 26.2. The number of carbonyl (C=O) groups is 2. The number of benzene rings is 4. The monoisotopic (exact) mass is 515 g/mol. The highest BCUT2D eigenvalue weighted by atomic mass is 35.5. The molecule has 4 aromatic rings. The predicted molar refractivity (Wildman–Crippen MR) is 143 cm³/mol. The molecule has 0 aliphatic heterocycles. The van der Waals surface area contributed by atoms with E-state index in [-0.39, 0.29) is 12.2 Å². The van der Waals surface area contributed by atoms with Crippen molar-refractivity contribution < 1.29 is 23.8 Å². The van der Waals surface area contributed by atoms with Crippen molar-refractivity contribution in [2.24, 2.45) is 0 Å². The smallest absolute Gasteiger partial charge is 0.343 e. The number of hydrogen-bond donors (Lipinski definition) is 1. The van der Waals surface area contributed by atoms with Crippen LogP contribution in [0.3, 0.4) is 0 Å². The zero-order valence-electron chi connectivity index (χ0n) is 20.4. The van der Waals surface area contributed by atoms with Crippen LogP contribution < -0.4 is 14.8 Å². The van der Waals surface area contributed by atoms with Crippen molar-refractivity contribution in [3.8, 4) is 11.5 Å². The van der Waals surface area contributed by atoms with Crippen LogP contribution in [0, 0.1) is 6.92 Å². The van der Waals surface area contributed by atoms with Crippen LogP contribution >= 0.6 is 11.6 Å². The van der Waals surface area contributed by atoms with Gasteiger partial charge in [0.15, 0.2) is 0 Å². The Hall–Kier alpha value is -4.29. The van der Waals surface area contributed by atoms with Crippen LogP contribution in [0.15, 0.2) is 97.1 Å². The summed E-state index contributed by atoms with van der Waals surface area (Å²) in [6, 6.07) is 28.3. The van der Waals surface area contributed by atoms with Crippen molar-refractivity contribution in [1.82, 2.24) is 0 Å². The quantitative estimate of drug-likeness (QED) is 0.249. The largest absolute Gasteiger partial charge is 0.495 e. The summed E-state index contributed by atoms with van der Waals surface area (Å²) in [5, 5.41) is 3.47. The predicted octanol–water partition coefficient (Wildman–Crippen LogP) is 6.77. The average molecular weight is 516 g/mol. The zero-order valence-corrected chi connectivity index (χ0v) is 21.2. The summed E-state index contributed by atoms with van der Waals surface area (Å²) < 4.78 is 17.1. The van der Waals surface area contributed by atoms with Gasteiger partial charge in [0.2, 0.25) is 6.10 Å². The Labute approximate surface area is 220 Å². The maximum Gasteiger partial charge on any atom is 0.343 e. The van der Waals surface area contributed by atoms with E-state index in [1.165, 1.54) is 7.11 Å². The van der Waals surface area contributed by atoms with Gasteiger partial charge >= 0.3 is 5.97 Å². The lowest BCUT2D eigenvalue weighted by molar-refractivity contribution is -0.125. The summed E-state index contributed by atoms with van der Waals surface area (Å²) in [7, 11) is 1.52. The first-order valence-corrected chi connectivity index (χ1v) is 12.0. The molecule has 37 heavy (non-hydrogen) atoms. The molecule has 1 N–H and O–H groups in total. The van der Waals surface area contributed by atoms with E-state index in [2.05, 4.69) is 5.32 Å². The van der Waals surface area contributed by atoms with Crippen molar-refractivity contribution in [2.45, 2.75) is 19.6 Å². The summed E-state index contributed by atoms with van der Waals surface area (Å²) in [5.41, 5.74) is 3.05. The van der Waals surface area contributed by atoms with Crippen molar-refractivity contribution in [3.05, 3.63) is 124 Å². The van der Waals surface area contributed by atoms with Gasteiger partial charge in [0, 0.05) is 10.6 Å². The topological polar surface area (TPSA) is 73.9 Å². The van der Waals surface area contributed by atoms with Gasteiger partial charge < -0.3 is 19.5 Å². The highest BCUT2D eigenvalue weighted by molar-refractivity contribution is 6.30. The summed E-state index contributed by atoms with van der Waals surface area (Å²) in [6.45, 7) is 2.14. The number of halogens is 1. The Morgan fingerprint density at radius 1 is 0.865 bits per heavy atom. The molecule has 1 atom stereocenters. The minimum Gasteiger partial charge on any atom is -0.495 e. The molecule has 0 heterocycles. The first kappa shape index (κ1) is 25.8. The highest BCUT2D eigenvalue weighted by Gasteiger charge is 2.28. The maximum absolute atomic E-state index is 13.4. The van der Waals surface area contributed by atoms with Gasteiger partial charge in [-0.05, 0) is 54.4 Å². The van der Waals surface area contributed by atoms with Crippen molar-refractivity contribution in [2.75, 3.05) is 12.4 Å². The lowest BCUT2D eigenvalue weighted by atomic mass is 10.1. The van der Waals surface area contributed by atoms with Crippen LogP contribution in [0.1, 0.15) is 33.2 Å². The van der Waals surface area contributed by atoms with Gasteiger partial charge in [-0.25, -0.2) is 4.79 Å². The summed E-state index contributed by atoms with van der Waals surface area (Å²) in [5.74, 6) is -0.358. The standard InChI is InChI=1S/C30H26ClNO5/c1-20-12-17-27(35-2)25(18-20)32-29(33)28(22-8-4-3-5-9-22)37-30(34)24-10-6-7-11-26(24)36-19-21-13-15-23(31)16-14-21/h3-18,28H,19H2,1-2H3,(H,32,33)/t28-/m1/s1. The Morgan fingerprint density at radius 3 is 2.30 bits per heavy atom. The van der Waals surface area contributed by atoms with Crippen LogP contribution in [0.5, 0.6) is 11.5 Å². The number of ether oxygens (including phenoxy) is 3. The van der Waals surface area contributed by atoms with E-state index < -0.39 is 18.0 Å². The minimum absolute atomic E-state index is 0.207. The van der Waals surface area contributed by atoms with E-state index in [0.717, 1.165) is 11.1 Å². The molecule has 4 rings (SSSR count). The van der Waals surface area contributed by atoms with Crippen molar-refractivity contribution in [3.63, 3.8) is 0 Å². The van der Waals surface area contributed by atoms with Crippen LogP contribution in [-0.4, -0.2) is 19.0 Å². The van der Waals surface area contributed by atoms with Gasteiger partial charge in [0.1, 0.15) is 23.7 Å². The van der Waals surface area contributed by atoms with E-state index in [1.54, 1.807) is 72.8 Å². The second kappa shape index (κ2) is 12.1. The average Bonchev–Trinajstić information content (AvgIpc) is 2.92. The molecule has 0 unspecified atom stereocenters. The molecule has 0 aromatic heterocycles. The molecule has 0 bridgehead atoms. The third-order valence-electron chi connectivity index (χ3n) is 5.59. The fraction of sp³-hybridized carbons (Fsp3) is 0.133. The van der Waals surface area contributed by atoms with Crippen LogP contribution in [0.2, 0.25) is 5.02 Å². The molecule has 0 saturated heterocycles. The van der Waals surface area contributed by atoms with E-state index in [4.69, 9.17) is 25.8 Å². The Kier molecular flexibility index (Phi) is 8.44. The molecule has 0 aliphatic rings. The van der Waals surface area contributed by atoms with E-state index in [9.17, 15) is 9.59 Å². The van der Waals surface area contributed by atoms with E-state index in [1.807, 2.05) is 31.2 Å². The van der Waals surface area contributed by atoms with Crippen molar-refractivity contribution >= 4 is 29.2 Å². The number of amides is 1. The molecule has 0 fully saturated rings. The second-order valence-corrected chi connectivity index (χ2v) is 8.74. The first-order chi connectivity index (χ1) is 17.9. The molecule has 188 valence electrons. The fourth-order valence-corrected chi connectivity index (χ4v) is 3.82. The molecule has 4 aromatic carbocycles. The van der Waals surface area contributed by atoms with Crippen molar-refractivity contribution in [1.29, 1.82) is 0 Å². The Morgan fingerprint density at radius 2 is 1.57 bits per heavy atom.